The molecule has 0 aliphatic rings. The van der Waals surface area contributed by atoms with Crippen LogP contribution in [0.4, 0.5) is 32.0 Å². The van der Waals surface area contributed by atoms with Crippen LogP contribution in [0.3, 0.4) is 0 Å². The number of halogens is 6. The first kappa shape index (κ1) is 24.5. The van der Waals surface area contributed by atoms with Crippen LogP contribution in [0.15, 0.2) is 77.8 Å². The van der Waals surface area contributed by atoms with Gasteiger partial charge in [-0.05, 0) is 47.2 Å². The third-order valence-corrected chi connectivity index (χ3v) is 5.83. The van der Waals surface area contributed by atoms with Gasteiger partial charge in [0.05, 0.1) is 22.6 Å². The van der Waals surface area contributed by atoms with Gasteiger partial charge in [0.25, 0.3) is 0 Å². The second-order valence-corrected chi connectivity index (χ2v) is 8.45. The minimum Gasteiger partial charge on any atom is -0.325 e. The summed E-state index contributed by atoms with van der Waals surface area (Å²) >= 11 is 0.944. The summed E-state index contributed by atoms with van der Waals surface area (Å²) in [6.07, 6.45) is -10.0. The van der Waals surface area contributed by atoms with Crippen LogP contribution in [0.2, 0.25) is 0 Å². The van der Waals surface area contributed by atoms with E-state index >= 15 is 0 Å². The third kappa shape index (κ3) is 6.10. The van der Waals surface area contributed by atoms with Gasteiger partial charge in [0.15, 0.2) is 0 Å². The number of carbonyl (C=O) groups is 1. The van der Waals surface area contributed by atoms with E-state index in [0.29, 0.717) is 22.9 Å². The first-order valence-electron chi connectivity index (χ1n) is 10.0. The summed E-state index contributed by atoms with van der Waals surface area (Å²) in [5.41, 5.74) is -2.17. The molecule has 0 saturated heterocycles. The van der Waals surface area contributed by atoms with Crippen molar-refractivity contribution < 1.29 is 31.1 Å². The lowest BCUT2D eigenvalue weighted by atomic mass is 10.1. The molecule has 3 aromatic carbocycles. The van der Waals surface area contributed by atoms with E-state index in [1.807, 2.05) is 42.5 Å². The molecule has 1 N–H and O–H groups in total. The van der Waals surface area contributed by atoms with Crippen molar-refractivity contribution in [2.45, 2.75) is 17.4 Å². The van der Waals surface area contributed by atoms with E-state index in [9.17, 15) is 31.1 Å². The molecule has 1 amide bonds. The fourth-order valence-electron chi connectivity index (χ4n) is 3.26. The second kappa shape index (κ2) is 9.57. The van der Waals surface area contributed by atoms with Gasteiger partial charge in [-0.3, -0.25) is 4.79 Å². The molecule has 180 valence electrons. The quantitative estimate of drug-likeness (QED) is 0.232. The molecule has 1 aromatic heterocycles. The summed E-state index contributed by atoms with van der Waals surface area (Å²) in [7, 11) is 0. The topological polar surface area (TPSA) is 54.9 Å². The molecule has 0 fully saturated rings. The van der Waals surface area contributed by atoms with Gasteiger partial charge in [0, 0.05) is 11.3 Å². The van der Waals surface area contributed by atoms with Crippen molar-refractivity contribution in [2.75, 3.05) is 11.1 Å². The number of rotatable bonds is 5. The van der Waals surface area contributed by atoms with E-state index in [4.69, 9.17) is 0 Å². The van der Waals surface area contributed by atoms with Crippen molar-refractivity contribution in [3.63, 3.8) is 0 Å². The molecular formula is C24H15F6N3OS. The average Bonchev–Trinajstić information content (AvgIpc) is 2.81. The fraction of sp³-hybridized carbons (Fsp3) is 0.125. The van der Waals surface area contributed by atoms with Crippen LogP contribution in [0.5, 0.6) is 0 Å². The Hall–Kier alpha value is -3.60. The van der Waals surface area contributed by atoms with Gasteiger partial charge in [-0.25, -0.2) is 0 Å². The summed E-state index contributed by atoms with van der Waals surface area (Å²) in [5.74, 6) is -1.08. The van der Waals surface area contributed by atoms with Crippen molar-refractivity contribution in [3.05, 3.63) is 83.9 Å². The highest BCUT2D eigenvalue weighted by molar-refractivity contribution is 7.99. The monoisotopic (exact) mass is 507 g/mol. The summed E-state index contributed by atoms with van der Waals surface area (Å²) in [6, 6.07) is 17.9. The lowest BCUT2D eigenvalue weighted by molar-refractivity contribution is -0.143. The zero-order chi connectivity index (χ0) is 25.2. The summed E-state index contributed by atoms with van der Waals surface area (Å²) in [6.45, 7) is 0. The highest BCUT2D eigenvalue weighted by Crippen LogP contribution is 2.37. The number of nitrogens with zero attached hydrogens (tertiary/aromatic N) is 2. The minimum atomic E-state index is -5.00. The molecule has 11 heteroatoms. The maximum absolute atomic E-state index is 13.0. The molecule has 0 unspecified atom stereocenters. The predicted molar refractivity (Wildman–Crippen MR) is 121 cm³/mol. The normalized spacial score (nSPS) is 12.1. The zero-order valence-electron chi connectivity index (χ0n) is 17.6. The Bertz CT molecular complexity index is 1340. The number of fused-ring (bicyclic) bond motifs is 1. The Labute approximate surface area is 199 Å². The van der Waals surface area contributed by atoms with Crippen LogP contribution in [-0.2, 0) is 17.1 Å². The molecule has 4 nitrogen and oxygen atoms in total. The highest BCUT2D eigenvalue weighted by atomic mass is 32.2. The van der Waals surface area contributed by atoms with Crippen LogP contribution in [0.1, 0.15) is 11.1 Å². The maximum Gasteiger partial charge on any atom is 0.416 e. The SMILES string of the molecule is O=C(CSc1ccc(-c2ccc3ccccc3c2)nn1)Nc1cc(C(F)(F)F)cc(C(F)(F)F)c1. The maximum atomic E-state index is 13.0. The molecule has 0 aliphatic heterocycles. The fourth-order valence-corrected chi connectivity index (χ4v) is 3.88. The first-order valence-corrected chi connectivity index (χ1v) is 11.0. The van der Waals surface area contributed by atoms with E-state index in [2.05, 4.69) is 15.5 Å². The number of anilines is 1. The van der Waals surface area contributed by atoms with Gasteiger partial charge < -0.3 is 5.32 Å². The van der Waals surface area contributed by atoms with Crippen molar-refractivity contribution in [2.24, 2.45) is 0 Å². The van der Waals surface area contributed by atoms with Gasteiger partial charge >= 0.3 is 12.4 Å². The molecule has 0 radical (unpaired) electrons. The molecule has 4 rings (SSSR count). The van der Waals surface area contributed by atoms with Crippen molar-refractivity contribution in [3.8, 4) is 11.3 Å². The molecule has 1 heterocycles. The number of amides is 1. The number of benzene rings is 3. The number of hydrogen-bond acceptors (Lipinski definition) is 4. The van der Waals surface area contributed by atoms with Gasteiger partial charge in [0.2, 0.25) is 5.91 Å². The predicted octanol–water partition coefficient (Wildman–Crippen LogP) is 7.07. The van der Waals surface area contributed by atoms with Crippen LogP contribution in [-0.4, -0.2) is 21.9 Å². The van der Waals surface area contributed by atoms with Crippen LogP contribution in [0, 0.1) is 0 Å². The van der Waals surface area contributed by atoms with E-state index in [1.54, 1.807) is 12.1 Å². The molecular weight excluding hydrogens is 492 g/mol. The summed E-state index contributed by atoms with van der Waals surface area (Å²) < 4.78 is 77.9. The Balaban J connectivity index is 1.42. The lowest BCUT2D eigenvalue weighted by Crippen LogP contribution is -2.17. The first-order chi connectivity index (χ1) is 16.5. The van der Waals surface area contributed by atoms with E-state index in [0.717, 1.165) is 28.1 Å². The number of thioether (sulfide) groups is 1. The number of nitrogens with one attached hydrogen (secondary N) is 1. The largest absolute Gasteiger partial charge is 0.416 e. The minimum absolute atomic E-state index is 0.00289. The van der Waals surface area contributed by atoms with Crippen LogP contribution < -0.4 is 5.32 Å². The van der Waals surface area contributed by atoms with Crippen LogP contribution >= 0.6 is 11.8 Å². The number of hydrogen-bond donors (Lipinski definition) is 1. The van der Waals surface area contributed by atoms with Gasteiger partial charge in [-0.1, -0.05) is 48.2 Å². The molecule has 0 bridgehead atoms. The van der Waals surface area contributed by atoms with E-state index in [1.165, 1.54) is 0 Å². The van der Waals surface area contributed by atoms with Gasteiger partial charge in [0.1, 0.15) is 5.03 Å². The number of alkyl halides is 6. The lowest BCUT2D eigenvalue weighted by Gasteiger charge is -2.14. The Morgan fingerprint density at radius 1 is 0.771 bits per heavy atom. The number of carbonyl (C=O) groups excluding carboxylic acids is 1. The van der Waals surface area contributed by atoms with Crippen LogP contribution in [0.25, 0.3) is 22.0 Å². The summed E-state index contributed by atoms with van der Waals surface area (Å²) in [5, 5.41) is 12.7. The van der Waals surface area contributed by atoms with Gasteiger partial charge in [-0.15, -0.1) is 10.2 Å². The van der Waals surface area contributed by atoms with E-state index < -0.39 is 35.1 Å². The summed E-state index contributed by atoms with van der Waals surface area (Å²) in [4.78, 5) is 12.2. The second-order valence-electron chi connectivity index (χ2n) is 7.45. The van der Waals surface area contributed by atoms with E-state index in [-0.39, 0.29) is 11.8 Å². The number of aromatic nitrogens is 2. The highest BCUT2D eigenvalue weighted by Gasteiger charge is 2.37. The standard InChI is InChI=1S/C24H15F6N3OS/c25-23(26,27)17-10-18(24(28,29)30)12-19(11-17)31-21(34)13-35-22-8-7-20(32-33-22)16-6-5-14-3-1-2-4-15(14)9-16/h1-12H,13H2,(H,31,34). The zero-order valence-corrected chi connectivity index (χ0v) is 18.4. The molecule has 35 heavy (non-hydrogen) atoms. The molecule has 0 spiro atoms. The Morgan fingerprint density at radius 3 is 2.03 bits per heavy atom. The molecule has 0 atom stereocenters. The van der Waals surface area contributed by atoms with Gasteiger partial charge in [-0.2, -0.15) is 26.3 Å². The molecule has 4 aromatic rings. The molecule has 0 aliphatic carbocycles. The van der Waals surface area contributed by atoms with Crippen molar-refractivity contribution in [1.29, 1.82) is 0 Å². The van der Waals surface area contributed by atoms with Crippen molar-refractivity contribution in [1.82, 2.24) is 10.2 Å². The Morgan fingerprint density at radius 2 is 1.43 bits per heavy atom. The average molecular weight is 507 g/mol. The smallest absolute Gasteiger partial charge is 0.325 e. The third-order valence-electron chi connectivity index (χ3n) is 4.91. The molecule has 0 saturated carbocycles. The Kier molecular flexibility index (Phi) is 6.70. The van der Waals surface area contributed by atoms with Crippen molar-refractivity contribution >= 4 is 34.1 Å².